The molecule has 2 heteroatoms. The molecular weight excluding hydrogens is 160 g/mol. The summed E-state index contributed by atoms with van der Waals surface area (Å²) in [5.74, 6) is 0. The summed E-state index contributed by atoms with van der Waals surface area (Å²) in [5.41, 5.74) is 8.20. The third-order valence-corrected chi connectivity index (χ3v) is 2.25. The lowest BCUT2D eigenvalue weighted by Crippen LogP contribution is -2.38. The van der Waals surface area contributed by atoms with Crippen molar-refractivity contribution in [2.24, 2.45) is 5.73 Å². The quantitative estimate of drug-likeness (QED) is 0.680. The maximum atomic E-state index is 5.81. The van der Waals surface area contributed by atoms with Gasteiger partial charge in [-0.05, 0) is 18.4 Å². The first-order chi connectivity index (χ1) is 6.36. The molecule has 0 radical (unpaired) electrons. The van der Waals surface area contributed by atoms with E-state index < -0.39 is 0 Å². The third-order valence-electron chi connectivity index (χ3n) is 2.25. The predicted molar refractivity (Wildman–Crippen MR) is 54.8 cm³/mol. The highest BCUT2D eigenvalue weighted by Crippen LogP contribution is 2.16. The highest BCUT2D eigenvalue weighted by molar-refractivity contribution is 5.64. The molecule has 0 saturated heterocycles. The molecule has 1 aliphatic rings. The fraction of sp³-hybridized carbons (Fsp3) is 0.273. The Labute approximate surface area is 78.5 Å². The fourth-order valence-corrected chi connectivity index (χ4v) is 1.56. The summed E-state index contributed by atoms with van der Waals surface area (Å²) in [7, 11) is 0. The Bertz CT molecular complexity index is 303. The van der Waals surface area contributed by atoms with Gasteiger partial charge in [0.15, 0.2) is 0 Å². The highest BCUT2D eigenvalue weighted by Gasteiger charge is 2.10. The minimum absolute atomic E-state index is 0.111. The van der Waals surface area contributed by atoms with Crippen LogP contribution in [0.15, 0.2) is 36.4 Å². The van der Waals surface area contributed by atoms with E-state index in [2.05, 4.69) is 23.5 Å². The van der Waals surface area contributed by atoms with Crippen LogP contribution in [0, 0.1) is 0 Å². The molecule has 0 saturated carbocycles. The lowest BCUT2D eigenvalue weighted by atomic mass is 10.1. The third kappa shape index (κ3) is 1.90. The van der Waals surface area contributed by atoms with Crippen LogP contribution in [0.4, 0.5) is 0 Å². The molecule has 1 aromatic carbocycles. The van der Waals surface area contributed by atoms with E-state index in [1.165, 1.54) is 11.3 Å². The SMILES string of the molecule is NC1CCC=C(c2ccccc2)N1. The summed E-state index contributed by atoms with van der Waals surface area (Å²) in [6.07, 6.45) is 4.41. The first kappa shape index (κ1) is 8.32. The van der Waals surface area contributed by atoms with Crippen LogP contribution < -0.4 is 11.1 Å². The Balaban J connectivity index is 2.22. The summed E-state index contributed by atoms with van der Waals surface area (Å²) in [6, 6.07) is 10.3. The normalized spacial score (nSPS) is 21.9. The van der Waals surface area contributed by atoms with Crippen LogP contribution in [-0.4, -0.2) is 6.17 Å². The molecule has 2 rings (SSSR count). The average Bonchev–Trinajstić information content (AvgIpc) is 2.19. The molecular formula is C11H14N2. The molecule has 0 fully saturated rings. The van der Waals surface area contributed by atoms with Crippen LogP contribution in [-0.2, 0) is 0 Å². The smallest absolute Gasteiger partial charge is 0.0746 e. The molecule has 1 aromatic rings. The Morgan fingerprint density at radius 2 is 2.00 bits per heavy atom. The zero-order valence-corrected chi connectivity index (χ0v) is 7.53. The Kier molecular flexibility index (Phi) is 2.32. The summed E-state index contributed by atoms with van der Waals surface area (Å²) in [4.78, 5) is 0. The molecule has 1 atom stereocenters. The number of benzene rings is 1. The lowest BCUT2D eigenvalue weighted by Gasteiger charge is -2.22. The van der Waals surface area contributed by atoms with Crippen molar-refractivity contribution < 1.29 is 0 Å². The zero-order valence-electron chi connectivity index (χ0n) is 7.53. The molecule has 1 aliphatic heterocycles. The van der Waals surface area contributed by atoms with Crippen molar-refractivity contribution >= 4 is 5.70 Å². The lowest BCUT2D eigenvalue weighted by molar-refractivity contribution is 0.558. The largest absolute Gasteiger partial charge is 0.370 e. The van der Waals surface area contributed by atoms with E-state index in [-0.39, 0.29) is 6.17 Å². The number of allylic oxidation sites excluding steroid dienone is 1. The van der Waals surface area contributed by atoms with Crippen molar-refractivity contribution in [3.05, 3.63) is 42.0 Å². The van der Waals surface area contributed by atoms with Gasteiger partial charge in [0.25, 0.3) is 0 Å². The first-order valence-electron chi connectivity index (χ1n) is 4.64. The molecule has 2 nitrogen and oxygen atoms in total. The monoisotopic (exact) mass is 174 g/mol. The van der Waals surface area contributed by atoms with Gasteiger partial charge in [0.2, 0.25) is 0 Å². The molecule has 1 heterocycles. The van der Waals surface area contributed by atoms with Crippen LogP contribution in [0.25, 0.3) is 5.70 Å². The summed E-state index contributed by atoms with van der Waals surface area (Å²) in [5, 5.41) is 3.27. The second kappa shape index (κ2) is 3.62. The second-order valence-electron chi connectivity index (χ2n) is 3.31. The van der Waals surface area contributed by atoms with Gasteiger partial charge >= 0.3 is 0 Å². The predicted octanol–water partition coefficient (Wildman–Crippen LogP) is 1.70. The second-order valence-corrected chi connectivity index (χ2v) is 3.31. The zero-order chi connectivity index (χ0) is 9.10. The van der Waals surface area contributed by atoms with Gasteiger partial charge in [-0.2, -0.15) is 0 Å². The minimum atomic E-state index is 0.111. The van der Waals surface area contributed by atoms with Crippen LogP contribution in [0.5, 0.6) is 0 Å². The van der Waals surface area contributed by atoms with E-state index in [9.17, 15) is 0 Å². The Morgan fingerprint density at radius 3 is 2.69 bits per heavy atom. The highest BCUT2D eigenvalue weighted by atomic mass is 15.0. The van der Waals surface area contributed by atoms with Gasteiger partial charge in [0.05, 0.1) is 6.17 Å². The molecule has 0 amide bonds. The van der Waals surface area contributed by atoms with Crippen molar-refractivity contribution in [3.63, 3.8) is 0 Å². The summed E-state index contributed by atoms with van der Waals surface area (Å²) < 4.78 is 0. The molecule has 0 aromatic heterocycles. The summed E-state index contributed by atoms with van der Waals surface area (Å²) in [6.45, 7) is 0. The molecule has 3 N–H and O–H groups in total. The van der Waals surface area contributed by atoms with Crippen molar-refractivity contribution in [2.45, 2.75) is 19.0 Å². The Hall–Kier alpha value is -1.28. The van der Waals surface area contributed by atoms with Crippen LogP contribution in [0.3, 0.4) is 0 Å². The van der Waals surface area contributed by atoms with E-state index in [1.54, 1.807) is 0 Å². The van der Waals surface area contributed by atoms with E-state index in [0.29, 0.717) is 0 Å². The molecule has 13 heavy (non-hydrogen) atoms. The van der Waals surface area contributed by atoms with Gasteiger partial charge in [0, 0.05) is 5.70 Å². The van der Waals surface area contributed by atoms with Crippen LogP contribution >= 0.6 is 0 Å². The molecule has 0 spiro atoms. The average molecular weight is 174 g/mol. The Morgan fingerprint density at radius 1 is 1.23 bits per heavy atom. The number of rotatable bonds is 1. The molecule has 0 aliphatic carbocycles. The van der Waals surface area contributed by atoms with E-state index in [1.807, 2.05) is 18.2 Å². The maximum Gasteiger partial charge on any atom is 0.0746 e. The number of hydrogen-bond donors (Lipinski definition) is 2. The van der Waals surface area contributed by atoms with E-state index >= 15 is 0 Å². The number of hydrogen-bond acceptors (Lipinski definition) is 2. The molecule has 1 unspecified atom stereocenters. The van der Waals surface area contributed by atoms with Crippen LogP contribution in [0.1, 0.15) is 18.4 Å². The van der Waals surface area contributed by atoms with E-state index in [0.717, 1.165) is 12.8 Å². The van der Waals surface area contributed by atoms with Crippen molar-refractivity contribution in [1.82, 2.24) is 5.32 Å². The van der Waals surface area contributed by atoms with Crippen molar-refractivity contribution in [2.75, 3.05) is 0 Å². The van der Waals surface area contributed by atoms with Gasteiger partial charge in [-0.3, -0.25) is 0 Å². The standard InChI is InChI=1S/C11H14N2/c12-11-8-4-7-10(13-11)9-5-2-1-3-6-9/h1-3,5-7,11,13H,4,8,12H2. The first-order valence-corrected chi connectivity index (χ1v) is 4.64. The summed E-state index contributed by atoms with van der Waals surface area (Å²) >= 11 is 0. The van der Waals surface area contributed by atoms with Gasteiger partial charge < -0.3 is 11.1 Å². The van der Waals surface area contributed by atoms with Crippen molar-refractivity contribution in [1.29, 1.82) is 0 Å². The number of nitrogens with one attached hydrogen (secondary N) is 1. The van der Waals surface area contributed by atoms with E-state index in [4.69, 9.17) is 5.73 Å². The molecule has 68 valence electrons. The minimum Gasteiger partial charge on any atom is -0.370 e. The van der Waals surface area contributed by atoms with Gasteiger partial charge in [-0.15, -0.1) is 0 Å². The van der Waals surface area contributed by atoms with Crippen molar-refractivity contribution in [3.8, 4) is 0 Å². The fourth-order valence-electron chi connectivity index (χ4n) is 1.56. The van der Waals surface area contributed by atoms with Gasteiger partial charge in [-0.1, -0.05) is 36.4 Å². The maximum absolute atomic E-state index is 5.81. The molecule has 0 bridgehead atoms. The van der Waals surface area contributed by atoms with Crippen LogP contribution in [0.2, 0.25) is 0 Å². The van der Waals surface area contributed by atoms with Gasteiger partial charge in [0.1, 0.15) is 0 Å². The number of nitrogens with two attached hydrogens (primary N) is 1. The topological polar surface area (TPSA) is 38.0 Å². The van der Waals surface area contributed by atoms with Gasteiger partial charge in [-0.25, -0.2) is 0 Å².